The van der Waals surface area contributed by atoms with Crippen molar-refractivity contribution in [1.82, 2.24) is 9.88 Å². The van der Waals surface area contributed by atoms with E-state index >= 15 is 0 Å². The average molecular weight is 289 g/mol. The fourth-order valence-electron chi connectivity index (χ4n) is 2.46. The summed E-state index contributed by atoms with van der Waals surface area (Å²) in [6.45, 7) is 3.60. The van der Waals surface area contributed by atoms with E-state index in [4.69, 9.17) is 11.6 Å². The number of carbonyl (C=O) groups excluding carboxylic acids is 1. The van der Waals surface area contributed by atoms with Gasteiger partial charge < -0.3 is 4.90 Å². The zero-order valence-electron chi connectivity index (χ0n) is 11.5. The molecule has 3 rings (SSSR count). The predicted molar refractivity (Wildman–Crippen MR) is 81.1 cm³/mol. The lowest BCUT2D eigenvalue weighted by Crippen LogP contribution is -2.32. The second-order valence-corrected chi connectivity index (χ2v) is 5.68. The Morgan fingerprint density at radius 1 is 1.40 bits per heavy atom. The first kappa shape index (κ1) is 13.4. The van der Waals surface area contributed by atoms with Gasteiger partial charge in [-0.2, -0.15) is 0 Å². The monoisotopic (exact) mass is 288 g/mol. The van der Waals surface area contributed by atoms with Crippen LogP contribution >= 0.6 is 11.6 Å². The van der Waals surface area contributed by atoms with Crippen LogP contribution in [0.1, 0.15) is 30.1 Å². The summed E-state index contributed by atoms with van der Waals surface area (Å²) < 4.78 is 0. The molecule has 3 nitrogen and oxygen atoms in total. The molecule has 104 valence electrons. The number of nitrogens with zero attached hydrogens (tertiary/aromatic N) is 2. The Bertz CT molecular complexity index is 652. The number of aromatic nitrogens is 1. The number of hydrogen-bond acceptors (Lipinski definition) is 2. The molecule has 1 saturated carbocycles. The molecule has 0 radical (unpaired) electrons. The number of hydrogen-bond donors (Lipinski definition) is 0. The number of halogens is 1. The maximum Gasteiger partial charge on any atom is 0.254 e. The first-order chi connectivity index (χ1) is 9.69. The van der Waals surface area contributed by atoms with E-state index in [1.165, 1.54) is 12.8 Å². The van der Waals surface area contributed by atoms with Crippen LogP contribution in [-0.4, -0.2) is 28.9 Å². The lowest BCUT2D eigenvalue weighted by Gasteiger charge is -2.21. The molecular formula is C16H17ClN2O. The summed E-state index contributed by atoms with van der Waals surface area (Å²) in [5, 5.41) is 1.24. The van der Waals surface area contributed by atoms with E-state index in [9.17, 15) is 4.79 Å². The SMILES string of the molecule is CCN(CC1CC1)C(=O)c1cc(Cl)nc2ccccc12. The number of amides is 1. The van der Waals surface area contributed by atoms with Gasteiger partial charge in [-0.3, -0.25) is 4.79 Å². The maximum atomic E-state index is 12.7. The lowest BCUT2D eigenvalue weighted by atomic mass is 10.1. The minimum Gasteiger partial charge on any atom is -0.339 e. The van der Waals surface area contributed by atoms with E-state index in [0.29, 0.717) is 16.6 Å². The lowest BCUT2D eigenvalue weighted by molar-refractivity contribution is 0.0759. The normalized spacial score (nSPS) is 14.5. The number of carbonyl (C=O) groups is 1. The first-order valence-electron chi connectivity index (χ1n) is 7.03. The summed E-state index contributed by atoms with van der Waals surface area (Å²) in [6, 6.07) is 9.32. The molecule has 1 fully saturated rings. The molecule has 0 atom stereocenters. The summed E-state index contributed by atoms with van der Waals surface area (Å²) in [6.07, 6.45) is 2.48. The van der Waals surface area contributed by atoms with Crippen molar-refractivity contribution in [1.29, 1.82) is 0 Å². The van der Waals surface area contributed by atoms with Crippen LogP contribution in [0.3, 0.4) is 0 Å². The Kier molecular flexibility index (Phi) is 3.62. The van der Waals surface area contributed by atoms with Crippen molar-refractivity contribution in [2.75, 3.05) is 13.1 Å². The van der Waals surface area contributed by atoms with Crippen LogP contribution in [0.4, 0.5) is 0 Å². The number of para-hydroxylation sites is 1. The van der Waals surface area contributed by atoms with E-state index in [-0.39, 0.29) is 5.91 Å². The highest BCUT2D eigenvalue weighted by molar-refractivity contribution is 6.30. The fraction of sp³-hybridized carbons (Fsp3) is 0.375. The Hall–Kier alpha value is -1.61. The minimum absolute atomic E-state index is 0.0555. The second-order valence-electron chi connectivity index (χ2n) is 5.30. The maximum absolute atomic E-state index is 12.7. The first-order valence-corrected chi connectivity index (χ1v) is 7.41. The number of rotatable bonds is 4. The Morgan fingerprint density at radius 3 is 2.85 bits per heavy atom. The van der Waals surface area contributed by atoms with Gasteiger partial charge in [-0.05, 0) is 37.8 Å². The highest BCUT2D eigenvalue weighted by Crippen LogP contribution is 2.30. The van der Waals surface area contributed by atoms with Crippen LogP contribution in [0, 0.1) is 5.92 Å². The third-order valence-corrected chi connectivity index (χ3v) is 3.95. The highest BCUT2D eigenvalue weighted by atomic mass is 35.5. The molecule has 1 aliphatic rings. The van der Waals surface area contributed by atoms with Crippen molar-refractivity contribution in [3.8, 4) is 0 Å². The molecule has 0 saturated heterocycles. The highest BCUT2D eigenvalue weighted by Gasteiger charge is 2.27. The van der Waals surface area contributed by atoms with Gasteiger partial charge in [0.1, 0.15) is 5.15 Å². The van der Waals surface area contributed by atoms with Gasteiger partial charge in [0, 0.05) is 18.5 Å². The summed E-state index contributed by atoms with van der Waals surface area (Å²) >= 11 is 6.05. The largest absolute Gasteiger partial charge is 0.339 e. The summed E-state index contributed by atoms with van der Waals surface area (Å²) in [5.74, 6) is 0.738. The number of fused-ring (bicyclic) bond motifs is 1. The standard InChI is InChI=1S/C16H17ClN2O/c1-2-19(10-11-7-8-11)16(20)13-9-15(17)18-14-6-4-3-5-12(13)14/h3-6,9,11H,2,7-8,10H2,1H3. The third-order valence-electron chi connectivity index (χ3n) is 3.76. The van der Waals surface area contributed by atoms with Crippen molar-refractivity contribution in [2.24, 2.45) is 5.92 Å². The molecule has 0 unspecified atom stereocenters. The smallest absolute Gasteiger partial charge is 0.254 e. The summed E-state index contributed by atoms with van der Waals surface area (Å²) in [4.78, 5) is 18.9. The molecule has 4 heteroatoms. The molecule has 0 spiro atoms. The van der Waals surface area contributed by atoms with Crippen LogP contribution in [0.25, 0.3) is 10.9 Å². The van der Waals surface area contributed by atoms with E-state index in [1.54, 1.807) is 6.07 Å². The Morgan fingerprint density at radius 2 is 2.15 bits per heavy atom. The van der Waals surface area contributed by atoms with Gasteiger partial charge in [0.25, 0.3) is 5.91 Å². The van der Waals surface area contributed by atoms with E-state index in [2.05, 4.69) is 4.98 Å². The molecule has 20 heavy (non-hydrogen) atoms. The van der Waals surface area contributed by atoms with Crippen LogP contribution in [0.15, 0.2) is 30.3 Å². The third kappa shape index (κ3) is 2.63. The summed E-state index contributed by atoms with van der Waals surface area (Å²) in [5.41, 5.74) is 1.42. The minimum atomic E-state index is 0.0555. The van der Waals surface area contributed by atoms with Gasteiger partial charge in [-0.15, -0.1) is 0 Å². The Balaban J connectivity index is 2.00. The van der Waals surface area contributed by atoms with Crippen LogP contribution in [0.2, 0.25) is 5.15 Å². The van der Waals surface area contributed by atoms with Crippen LogP contribution in [0.5, 0.6) is 0 Å². The molecule has 1 aromatic heterocycles. The number of benzene rings is 1. The zero-order valence-corrected chi connectivity index (χ0v) is 12.2. The average Bonchev–Trinajstić information content (AvgIpc) is 3.27. The van der Waals surface area contributed by atoms with Gasteiger partial charge >= 0.3 is 0 Å². The summed E-state index contributed by atoms with van der Waals surface area (Å²) in [7, 11) is 0. The molecule has 1 heterocycles. The molecule has 1 aromatic carbocycles. The topological polar surface area (TPSA) is 33.2 Å². The zero-order chi connectivity index (χ0) is 14.1. The second kappa shape index (κ2) is 5.41. The van der Waals surface area contributed by atoms with E-state index < -0.39 is 0 Å². The molecule has 1 amide bonds. The molecule has 0 aliphatic heterocycles. The quantitative estimate of drug-likeness (QED) is 0.803. The van der Waals surface area contributed by atoms with Crippen molar-refractivity contribution in [3.05, 3.63) is 41.0 Å². The molecule has 2 aromatic rings. The molecule has 1 aliphatic carbocycles. The van der Waals surface area contributed by atoms with Gasteiger partial charge in [0.2, 0.25) is 0 Å². The predicted octanol–water partition coefficient (Wildman–Crippen LogP) is 3.76. The van der Waals surface area contributed by atoms with Crippen LogP contribution < -0.4 is 0 Å². The van der Waals surface area contributed by atoms with Gasteiger partial charge in [-0.1, -0.05) is 29.8 Å². The fourth-order valence-corrected chi connectivity index (χ4v) is 2.66. The van der Waals surface area contributed by atoms with Crippen molar-refractivity contribution < 1.29 is 4.79 Å². The molecule has 0 bridgehead atoms. The molecular weight excluding hydrogens is 272 g/mol. The number of pyridine rings is 1. The Labute approximate surface area is 123 Å². The van der Waals surface area contributed by atoms with Gasteiger partial charge in [0.05, 0.1) is 11.1 Å². The van der Waals surface area contributed by atoms with E-state index in [1.807, 2.05) is 36.1 Å². The van der Waals surface area contributed by atoms with Crippen molar-refractivity contribution in [3.63, 3.8) is 0 Å². The van der Waals surface area contributed by atoms with E-state index in [0.717, 1.165) is 24.0 Å². The van der Waals surface area contributed by atoms with Crippen LogP contribution in [-0.2, 0) is 0 Å². The molecule has 0 N–H and O–H groups in total. The van der Waals surface area contributed by atoms with Crippen molar-refractivity contribution >= 4 is 28.4 Å². The van der Waals surface area contributed by atoms with Gasteiger partial charge in [0.15, 0.2) is 0 Å². The van der Waals surface area contributed by atoms with Gasteiger partial charge in [-0.25, -0.2) is 4.98 Å². The van der Waals surface area contributed by atoms with Crippen molar-refractivity contribution in [2.45, 2.75) is 19.8 Å².